The fraction of sp³-hybridized carbons (Fsp3) is 0.222. The Morgan fingerprint density at radius 1 is 1.32 bits per heavy atom. The minimum atomic E-state index is -0.517. The van der Waals surface area contributed by atoms with Gasteiger partial charge in [0.15, 0.2) is 0 Å². The zero-order valence-electron chi connectivity index (χ0n) is 15.0. The van der Waals surface area contributed by atoms with Crippen LogP contribution in [-0.2, 0) is 14.3 Å². The molecule has 1 fully saturated rings. The molecule has 3 amide bonds. The summed E-state index contributed by atoms with van der Waals surface area (Å²) in [6.07, 6.45) is 1.64. The van der Waals surface area contributed by atoms with Crippen LogP contribution in [0.2, 0.25) is 0 Å². The standard InChI is InChI=1S/C18H16N2O5S3/c1-3-25-17(23)15-10(2)7-14(28-15)19-13(21)9-20-16(22)12(27-18(20)24)8-11-5-4-6-26-11/h4-8H,3,9H2,1-2H3,(H,19,21)/b12-8-. The molecule has 10 heteroatoms. The number of hydrogen-bond acceptors (Lipinski definition) is 8. The third kappa shape index (κ3) is 4.51. The van der Waals surface area contributed by atoms with Crippen molar-refractivity contribution in [1.29, 1.82) is 0 Å². The Kier molecular flexibility index (Phi) is 6.32. The molecule has 0 atom stereocenters. The van der Waals surface area contributed by atoms with Crippen LogP contribution in [0.3, 0.4) is 0 Å². The molecule has 0 spiro atoms. The Morgan fingerprint density at radius 2 is 2.11 bits per heavy atom. The summed E-state index contributed by atoms with van der Waals surface area (Å²) in [6, 6.07) is 5.34. The summed E-state index contributed by atoms with van der Waals surface area (Å²) < 4.78 is 4.97. The first-order chi connectivity index (χ1) is 13.4. The van der Waals surface area contributed by atoms with Crippen LogP contribution in [0.1, 0.15) is 27.0 Å². The van der Waals surface area contributed by atoms with Crippen LogP contribution in [0.5, 0.6) is 0 Å². The monoisotopic (exact) mass is 436 g/mol. The lowest BCUT2D eigenvalue weighted by Crippen LogP contribution is -2.36. The van der Waals surface area contributed by atoms with Crippen LogP contribution in [0.4, 0.5) is 9.80 Å². The van der Waals surface area contributed by atoms with E-state index in [-0.39, 0.29) is 11.5 Å². The fourth-order valence-corrected chi connectivity index (χ4v) is 4.95. The van der Waals surface area contributed by atoms with Crippen molar-refractivity contribution in [2.24, 2.45) is 0 Å². The molecule has 3 heterocycles. The van der Waals surface area contributed by atoms with Crippen molar-refractivity contribution in [2.45, 2.75) is 13.8 Å². The number of aryl methyl sites for hydroxylation is 1. The van der Waals surface area contributed by atoms with E-state index in [4.69, 9.17) is 4.74 Å². The van der Waals surface area contributed by atoms with Gasteiger partial charge in [0.1, 0.15) is 11.4 Å². The number of esters is 1. The van der Waals surface area contributed by atoms with E-state index in [0.717, 1.165) is 32.9 Å². The maximum Gasteiger partial charge on any atom is 0.348 e. The van der Waals surface area contributed by atoms with Crippen LogP contribution in [0.25, 0.3) is 6.08 Å². The first kappa shape index (κ1) is 20.3. The number of rotatable bonds is 6. The molecule has 0 unspecified atom stereocenters. The second-order valence-electron chi connectivity index (χ2n) is 5.67. The summed E-state index contributed by atoms with van der Waals surface area (Å²) in [5.74, 6) is -1.46. The first-order valence-corrected chi connectivity index (χ1v) is 10.8. The molecule has 0 aliphatic carbocycles. The van der Waals surface area contributed by atoms with Gasteiger partial charge in [-0.05, 0) is 54.8 Å². The summed E-state index contributed by atoms with van der Waals surface area (Å²) in [5.41, 5.74) is 0.684. The predicted octanol–water partition coefficient (Wildman–Crippen LogP) is 3.97. The summed E-state index contributed by atoms with van der Waals surface area (Å²) in [6.45, 7) is 3.32. The average molecular weight is 437 g/mol. The van der Waals surface area contributed by atoms with Gasteiger partial charge < -0.3 is 10.1 Å². The minimum absolute atomic E-state index is 0.260. The fourth-order valence-electron chi connectivity index (χ4n) is 2.40. The van der Waals surface area contributed by atoms with Crippen molar-refractivity contribution in [2.75, 3.05) is 18.5 Å². The number of nitrogens with zero attached hydrogens (tertiary/aromatic N) is 1. The molecule has 2 aromatic rings. The van der Waals surface area contributed by atoms with Crippen LogP contribution in [-0.4, -0.2) is 41.1 Å². The van der Waals surface area contributed by atoms with Gasteiger partial charge in [0.2, 0.25) is 5.91 Å². The van der Waals surface area contributed by atoms with E-state index in [2.05, 4.69) is 5.32 Å². The summed E-state index contributed by atoms with van der Waals surface area (Å²) in [7, 11) is 0. The SMILES string of the molecule is CCOC(=O)c1sc(NC(=O)CN2C(=O)S/C(=C\c3cccs3)C2=O)cc1C. The molecule has 28 heavy (non-hydrogen) atoms. The summed E-state index contributed by atoms with van der Waals surface area (Å²) in [5, 5.41) is 4.46. The van der Waals surface area contributed by atoms with E-state index in [1.165, 1.54) is 11.3 Å². The van der Waals surface area contributed by atoms with Gasteiger partial charge in [-0.3, -0.25) is 19.3 Å². The molecule has 146 valence electrons. The van der Waals surface area contributed by atoms with Crippen molar-refractivity contribution >= 4 is 68.5 Å². The number of carbonyl (C=O) groups is 4. The van der Waals surface area contributed by atoms with Crippen LogP contribution in [0, 0.1) is 6.92 Å². The van der Waals surface area contributed by atoms with Crippen molar-refractivity contribution in [3.8, 4) is 0 Å². The molecule has 3 rings (SSSR count). The zero-order chi connectivity index (χ0) is 20.3. The second-order valence-corrected chi connectivity index (χ2v) is 8.70. The molecule has 0 radical (unpaired) electrons. The number of amides is 3. The molecule has 0 aromatic carbocycles. The van der Waals surface area contributed by atoms with Gasteiger partial charge in [-0.15, -0.1) is 22.7 Å². The van der Waals surface area contributed by atoms with Crippen LogP contribution >= 0.6 is 34.4 Å². The third-order valence-corrected chi connectivity index (χ3v) is 6.49. The minimum Gasteiger partial charge on any atom is -0.462 e. The lowest BCUT2D eigenvalue weighted by molar-refractivity contribution is -0.127. The Morgan fingerprint density at radius 3 is 2.79 bits per heavy atom. The lowest BCUT2D eigenvalue weighted by atomic mass is 10.3. The van der Waals surface area contributed by atoms with Gasteiger partial charge >= 0.3 is 5.97 Å². The van der Waals surface area contributed by atoms with Crippen LogP contribution < -0.4 is 5.32 Å². The van der Waals surface area contributed by atoms with Gasteiger partial charge in [-0.25, -0.2) is 4.79 Å². The number of nitrogens with one attached hydrogen (secondary N) is 1. The number of thioether (sulfide) groups is 1. The number of carbonyl (C=O) groups excluding carboxylic acids is 4. The molecule has 2 aromatic heterocycles. The van der Waals surface area contributed by atoms with Crippen molar-refractivity contribution in [3.05, 3.63) is 43.8 Å². The Labute approximate surface area is 173 Å². The average Bonchev–Trinajstić information content (AvgIpc) is 3.33. The molecule has 1 N–H and O–H groups in total. The van der Waals surface area contributed by atoms with E-state index < -0.39 is 29.6 Å². The molecule has 1 aliphatic heterocycles. The van der Waals surface area contributed by atoms with Gasteiger partial charge in [-0.2, -0.15) is 0 Å². The second kappa shape index (κ2) is 8.72. The lowest BCUT2D eigenvalue weighted by Gasteiger charge is -2.11. The molecule has 1 saturated heterocycles. The Balaban J connectivity index is 1.65. The number of imide groups is 1. The largest absolute Gasteiger partial charge is 0.462 e. The molecule has 0 bridgehead atoms. The highest BCUT2D eigenvalue weighted by molar-refractivity contribution is 8.18. The van der Waals surface area contributed by atoms with E-state index in [0.29, 0.717) is 15.4 Å². The topological polar surface area (TPSA) is 92.8 Å². The smallest absolute Gasteiger partial charge is 0.348 e. The zero-order valence-corrected chi connectivity index (χ0v) is 17.5. The summed E-state index contributed by atoms with van der Waals surface area (Å²) in [4.78, 5) is 51.2. The highest BCUT2D eigenvalue weighted by atomic mass is 32.2. The number of thiophene rings is 2. The normalized spacial score (nSPS) is 15.4. The van der Waals surface area contributed by atoms with Gasteiger partial charge in [0.05, 0.1) is 16.5 Å². The molecule has 0 saturated carbocycles. The quantitative estimate of drug-likeness (QED) is 0.544. The van der Waals surface area contributed by atoms with E-state index >= 15 is 0 Å². The van der Waals surface area contributed by atoms with Gasteiger partial charge in [0, 0.05) is 4.88 Å². The van der Waals surface area contributed by atoms with E-state index in [1.807, 2.05) is 17.5 Å². The van der Waals surface area contributed by atoms with Gasteiger partial charge in [-0.1, -0.05) is 6.07 Å². The van der Waals surface area contributed by atoms with Crippen molar-refractivity contribution in [1.82, 2.24) is 4.90 Å². The van der Waals surface area contributed by atoms with Crippen molar-refractivity contribution < 1.29 is 23.9 Å². The van der Waals surface area contributed by atoms with Crippen molar-refractivity contribution in [3.63, 3.8) is 0 Å². The van der Waals surface area contributed by atoms with E-state index in [9.17, 15) is 19.2 Å². The maximum atomic E-state index is 12.4. The molecular weight excluding hydrogens is 420 g/mol. The van der Waals surface area contributed by atoms with E-state index in [1.54, 1.807) is 26.0 Å². The van der Waals surface area contributed by atoms with Gasteiger partial charge in [0.25, 0.3) is 11.1 Å². The highest BCUT2D eigenvalue weighted by Crippen LogP contribution is 2.33. The number of anilines is 1. The van der Waals surface area contributed by atoms with Crippen LogP contribution in [0.15, 0.2) is 28.5 Å². The third-order valence-electron chi connectivity index (χ3n) is 3.63. The predicted molar refractivity (Wildman–Crippen MR) is 111 cm³/mol. The first-order valence-electron chi connectivity index (χ1n) is 8.25. The maximum absolute atomic E-state index is 12.4. The number of hydrogen-bond donors (Lipinski definition) is 1. The Hall–Kier alpha value is -2.43. The highest BCUT2D eigenvalue weighted by Gasteiger charge is 2.36. The number of ether oxygens (including phenoxy) is 1. The molecule has 1 aliphatic rings. The Bertz CT molecular complexity index is 962. The molecule has 7 nitrogen and oxygen atoms in total. The molecular formula is C18H16N2O5S3. The summed E-state index contributed by atoms with van der Waals surface area (Å²) >= 11 is 3.35.